The molecule has 1 saturated heterocycles. The molecule has 0 bridgehead atoms. The van der Waals surface area contributed by atoms with Gasteiger partial charge in [-0.3, -0.25) is 4.79 Å². The lowest BCUT2D eigenvalue weighted by Gasteiger charge is -2.19. The predicted molar refractivity (Wildman–Crippen MR) is 97.1 cm³/mol. The molecule has 0 radical (unpaired) electrons. The molecule has 1 fully saturated rings. The van der Waals surface area contributed by atoms with Crippen molar-refractivity contribution in [1.82, 2.24) is 9.97 Å². The number of hydrogen-bond donors (Lipinski definition) is 1. The molecule has 1 aliphatic rings. The van der Waals surface area contributed by atoms with Gasteiger partial charge in [-0.2, -0.15) is 0 Å². The molecule has 6 nitrogen and oxygen atoms in total. The molecular weight excluding hydrogens is 338 g/mol. The van der Waals surface area contributed by atoms with Crippen molar-refractivity contribution in [2.24, 2.45) is 0 Å². The van der Waals surface area contributed by atoms with E-state index in [0.29, 0.717) is 29.8 Å². The highest BCUT2D eigenvalue weighted by molar-refractivity contribution is 7.13. The zero-order chi connectivity index (χ0) is 17.9. The molecule has 1 amide bonds. The summed E-state index contributed by atoms with van der Waals surface area (Å²) >= 11 is 1.48. The number of oxazole rings is 1. The Kier molecular flexibility index (Phi) is 5.54. The van der Waals surface area contributed by atoms with Crippen LogP contribution in [0.3, 0.4) is 0 Å². The molecule has 0 aromatic carbocycles. The average molecular weight is 363 g/mol. The van der Waals surface area contributed by atoms with E-state index < -0.39 is 0 Å². The van der Waals surface area contributed by atoms with Crippen LogP contribution in [0.5, 0.6) is 0 Å². The minimum Gasteiger partial charge on any atom is -0.445 e. The SMILES string of the molecule is CC(C)(C)c1cnc(CCC(=O)Nc2nc(C3CCOCC3)cs2)o1. The van der Waals surface area contributed by atoms with E-state index in [1.165, 1.54) is 11.3 Å². The summed E-state index contributed by atoms with van der Waals surface area (Å²) in [6.07, 6.45) is 4.55. The summed E-state index contributed by atoms with van der Waals surface area (Å²) in [6, 6.07) is 0. The second-order valence-corrected chi connectivity index (χ2v) is 8.24. The lowest BCUT2D eigenvalue weighted by molar-refractivity contribution is -0.116. The van der Waals surface area contributed by atoms with Crippen LogP contribution in [0, 0.1) is 0 Å². The number of anilines is 1. The lowest BCUT2D eigenvalue weighted by atomic mass is 9.94. The summed E-state index contributed by atoms with van der Waals surface area (Å²) in [5.74, 6) is 1.81. The number of thiazole rings is 1. The molecule has 7 heteroatoms. The number of ether oxygens (including phenoxy) is 1. The molecule has 136 valence electrons. The Morgan fingerprint density at radius 1 is 1.36 bits per heavy atom. The molecule has 0 atom stereocenters. The lowest BCUT2D eigenvalue weighted by Crippen LogP contribution is -2.15. The van der Waals surface area contributed by atoms with Crippen LogP contribution in [0.15, 0.2) is 16.0 Å². The summed E-state index contributed by atoms with van der Waals surface area (Å²) in [4.78, 5) is 21.0. The van der Waals surface area contributed by atoms with Gasteiger partial charge in [-0.25, -0.2) is 9.97 Å². The highest BCUT2D eigenvalue weighted by Crippen LogP contribution is 2.29. The minimum atomic E-state index is -0.0744. The summed E-state index contributed by atoms with van der Waals surface area (Å²) < 4.78 is 11.1. The number of hydrogen-bond acceptors (Lipinski definition) is 6. The van der Waals surface area contributed by atoms with Gasteiger partial charge < -0.3 is 14.5 Å². The Bertz CT molecular complexity index is 711. The summed E-state index contributed by atoms with van der Waals surface area (Å²) in [6.45, 7) is 7.79. The van der Waals surface area contributed by atoms with E-state index in [-0.39, 0.29) is 11.3 Å². The maximum atomic E-state index is 12.1. The van der Waals surface area contributed by atoms with Crippen molar-refractivity contribution >= 4 is 22.4 Å². The Hall–Kier alpha value is -1.73. The predicted octanol–water partition coefficient (Wildman–Crippen LogP) is 3.89. The third-order valence-electron chi connectivity index (χ3n) is 4.27. The van der Waals surface area contributed by atoms with Crippen molar-refractivity contribution in [3.63, 3.8) is 0 Å². The molecule has 2 aromatic heterocycles. The fraction of sp³-hybridized carbons (Fsp3) is 0.611. The van der Waals surface area contributed by atoms with Gasteiger partial charge in [0.25, 0.3) is 0 Å². The van der Waals surface area contributed by atoms with Crippen molar-refractivity contribution < 1.29 is 13.9 Å². The second kappa shape index (κ2) is 7.66. The van der Waals surface area contributed by atoms with Crippen LogP contribution in [0.2, 0.25) is 0 Å². The van der Waals surface area contributed by atoms with Crippen LogP contribution in [0.4, 0.5) is 5.13 Å². The smallest absolute Gasteiger partial charge is 0.226 e. The molecule has 25 heavy (non-hydrogen) atoms. The van der Waals surface area contributed by atoms with Crippen LogP contribution in [-0.2, 0) is 21.4 Å². The molecule has 0 aliphatic carbocycles. The second-order valence-electron chi connectivity index (χ2n) is 7.38. The van der Waals surface area contributed by atoms with Gasteiger partial charge in [0.15, 0.2) is 11.0 Å². The Morgan fingerprint density at radius 3 is 2.80 bits per heavy atom. The van der Waals surface area contributed by atoms with Crippen molar-refractivity contribution in [3.05, 3.63) is 28.9 Å². The van der Waals surface area contributed by atoms with Crippen LogP contribution in [0.1, 0.15) is 63.3 Å². The highest BCUT2D eigenvalue weighted by atomic mass is 32.1. The molecule has 0 saturated carbocycles. The van der Waals surface area contributed by atoms with Gasteiger partial charge >= 0.3 is 0 Å². The monoisotopic (exact) mass is 363 g/mol. The average Bonchev–Trinajstić information content (AvgIpc) is 3.23. The van der Waals surface area contributed by atoms with Gasteiger partial charge in [0.05, 0.1) is 11.9 Å². The maximum Gasteiger partial charge on any atom is 0.226 e. The van der Waals surface area contributed by atoms with E-state index >= 15 is 0 Å². The molecule has 1 aliphatic heterocycles. The van der Waals surface area contributed by atoms with Crippen molar-refractivity contribution in [2.45, 2.75) is 57.8 Å². The van der Waals surface area contributed by atoms with Gasteiger partial charge in [-0.1, -0.05) is 20.8 Å². The highest BCUT2D eigenvalue weighted by Gasteiger charge is 2.20. The van der Waals surface area contributed by atoms with Crippen molar-refractivity contribution in [3.8, 4) is 0 Å². The molecule has 0 spiro atoms. The quantitative estimate of drug-likeness (QED) is 0.872. The first-order valence-electron chi connectivity index (χ1n) is 8.70. The van der Waals surface area contributed by atoms with Crippen molar-refractivity contribution in [1.29, 1.82) is 0 Å². The molecule has 3 heterocycles. The number of carbonyl (C=O) groups is 1. The zero-order valence-corrected chi connectivity index (χ0v) is 15.8. The fourth-order valence-corrected chi connectivity index (χ4v) is 3.51. The molecule has 0 unspecified atom stereocenters. The first kappa shape index (κ1) is 18.1. The summed E-state index contributed by atoms with van der Waals surface area (Å²) in [5.41, 5.74) is 0.987. The number of aromatic nitrogens is 2. The minimum absolute atomic E-state index is 0.0663. The third-order valence-corrected chi connectivity index (χ3v) is 5.04. The molecule has 2 aromatic rings. The van der Waals surface area contributed by atoms with Gasteiger partial charge in [0, 0.05) is 42.8 Å². The Labute approximate surface area is 152 Å². The van der Waals surface area contributed by atoms with Gasteiger partial charge in [-0.15, -0.1) is 11.3 Å². The number of rotatable bonds is 5. The zero-order valence-electron chi connectivity index (χ0n) is 15.0. The van der Waals surface area contributed by atoms with E-state index in [1.807, 2.05) is 5.38 Å². The third kappa shape index (κ3) is 4.89. The normalized spacial score (nSPS) is 16.1. The van der Waals surface area contributed by atoms with Crippen LogP contribution < -0.4 is 5.32 Å². The number of aryl methyl sites for hydroxylation is 1. The van der Waals surface area contributed by atoms with E-state index in [4.69, 9.17) is 9.15 Å². The van der Waals surface area contributed by atoms with Crippen molar-refractivity contribution in [2.75, 3.05) is 18.5 Å². The van der Waals surface area contributed by atoms with E-state index in [1.54, 1.807) is 6.20 Å². The largest absolute Gasteiger partial charge is 0.445 e. The van der Waals surface area contributed by atoms with Crippen LogP contribution >= 0.6 is 11.3 Å². The number of nitrogens with one attached hydrogen (secondary N) is 1. The number of carbonyl (C=O) groups excluding carboxylic acids is 1. The van der Waals surface area contributed by atoms with E-state index in [2.05, 4.69) is 36.1 Å². The maximum absolute atomic E-state index is 12.1. The first-order valence-corrected chi connectivity index (χ1v) is 9.58. The standard InChI is InChI=1S/C18H25N3O3S/c1-18(2,3)14-10-19-16(24-14)5-4-15(22)21-17-20-13(11-25-17)12-6-8-23-9-7-12/h10-12H,4-9H2,1-3H3,(H,20,21,22). The van der Waals surface area contributed by atoms with E-state index in [9.17, 15) is 4.79 Å². The molecule has 1 N–H and O–H groups in total. The molecular formula is C18H25N3O3S. The summed E-state index contributed by atoms with van der Waals surface area (Å²) in [5, 5.41) is 5.57. The Morgan fingerprint density at radius 2 is 2.12 bits per heavy atom. The molecule has 3 rings (SSSR count). The number of amides is 1. The first-order chi connectivity index (χ1) is 11.9. The van der Waals surface area contributed by atoms with Crippen LogP contribution in [0.25, 0.3) is 0 Å². The summed E-state index contributed by atoms with van der Waals surface area (Å²) in [7, 11) is 0. The van der Waals surface area contributed by atoms with E-state index in [0.717, 1.165) is 37.5 Å². The van der Waals surface area contributed by atoms with Gasteiger partial charge in [0.1, 0.15) is 5.76 Å². The van der Waals surface area contributed by atoms with Crippen LogP contribution in [-0.4, -0.2) is 29.1 Å². The fourth-order valence-electron chi connectivity index (χ4n) is 2.70. The number of nitrogens with zero attached hydrogens (tertiary/aromatic N) is 2. The van der Waals surface area contributed by atoms with Gasteiger partial charge in [-0.05, 0) is 12.8 Å². The Balaban J connectivity index is 1.49. The topological polar surface area (TPSA) is 77.2 Å². The van der Waals surface area contributed by atoms with Gasteiger partial charge in [0.2, 0.25) is 5.91 Å².